The number of nitrogens with zero attached hydrogens (tertiary/aromatic N) is 1. The summed E-state index contributed by atoms with van der Waals surface area (Å²) in [5.74, 6) is 0.238. The lowest BCUT2D eigenvalue weighted by Crippen LogP contribution is -2.24. The zero-order valence-electron chi connectivity index (χ0n) is 12.3. The first-order chi connectivity index (χ1) is 10.1. The van der Waals surface area contributed by atoms with Gasteiger partial charge in [0, 0.05) is 13.2 Å². The summed E-state index contributed by atoms with van der Waals surface area (Å²) < 4.78 is 0. The maximum Gasteiger partial charge on any atom is 0.263 e. The second-order valence-corrected chi connectivity index (χ2v) is 7.04. The number of hydrogen-bond donors (Lipinski definition) is 2. The van der Waals surface area contributed by atoms with Gasteiger partial charge in [0.15, 0.2) is 0 Å². The minimum Gasteiger partial charge on any atom is -0.396 e. The van der Waals surface area contributed by atoms with Gasteiger partial charge in [-0.05, 0) is 37.1 Å². The second-order valence-electron chi connectivity index (χ2n) is 5.10. The monoisotopic (exact) mass is 324 g/mol. The highest BCUT2D eigenvalue weighted by Crippen LogP contribution is 2.30. The Balaban J connectivity index is 1.91. The molecule has 21 heavy (non-hydrogen) atoms. The van der Waals surface area contributed by atoms with E-state index in [1.165, 1.54) is 11.3 Å². The quantitative estimate of drug-likeness (QED) is 0.768. The van der Waals surface area contributed by atoms with E-state index in [1.54, 1.807) is 11.3 Å². The second kappa shape index (κ2) is 7.68. The van der Waals surface area contributed by atoms with Crippen molar-refractivity contribution in [1.82, 2.24) is 10.3 Å². The summed E-state index contributed by atoms with van der Waals surface area (Å²) in [6.45, 7) is 4.71. The van der Waals surface area contributed by atoms with Crippen LogP contribution in [-0.4, -0.2) is 29.1 Å². The highest BCUT2D eigenvalue weighted by atomic mass is 32.1. The first kappa shape index (κ1) is 16.1. The standard InChI is InChI=1S/C15H20N2O2S2/c1-10(9-18)5-3-7-16-14(19)13-11(2)17-15(21-13)12-6-4-8-20-12/h4,6,8,10,18H,3,5,7,9H2,1-2H3,(H,16,19). The van der Waals surface area contributed by atoms with Gasteiger partial charge in [-0.1, -0.05) is 13.0 Å². The summed E-state index contributed by atoms with van der Waals surface area (Å²) in [5, 5.41) is 14.8. The van der Waals surface area contributed by atoms with Gasteiger partial charge < -0.3 is 10.4 Å². The number of carbonyl (C=O) groups is 1. The van der Waals surface area contributed by atoms with E-state index in [2.05, 4.69) is 10.3 Å². The highest BCUT2D eigenvalue weighted by molar-refractivity contribution is 7.22. The number of nitrogens with one attached hydrogen (secondary N) is 1. The Morgan fingerprint density at radius 3 is 3.00 bits per heavy atom. The van der Waals surface area contributed by atoms with E-state index in [4.69, 9.17) is 5.11 Å². The lowest BCUT2D eigenvalue weighted by molar-refractivity contribution is 0.0955. The van der Waals surface area contributed by atoms with Gasteiger partial charge in [0.05, 0.1) is 10.6 Å². The van der Waals surface area contributed by atoms with Gasteiger partial charge >= 0.3 is 0 Å². The van der Waals surface area contributed by atoms with Crippen molar-refractivity contribution in [3.63, 3.8) is 0 Å². The SMILES string of the molecule is Cc1nc(-c2cccs2)sc1C(=O)NCCCC(C)CO. The summed E-state index contributed by atoms with van der Waals surface area (Å²) in [4.78, 5) is 18.4. The van der Waals surface area contributed by atoms with Crippen molar-refractivity contribution in [2.45, 2.75) is 26.7 Å². The molecule has 0 saturated heterocycles. The van der Waals surface area contributed by atoms with Crippen molar-refractivity contribution in [3.05, 3.63) is 28.1 Å². The van der Waals surface area contributed by atoms with Crippen LogP contribution in [0.4, 0.5) is 0 Å². The molecule has 0 aliphatic heterocycles. The number of aryl methyl sites for hydroxylation is 1. The van der Waals surface area contributed by atoms with E-state index >= 15 is 0 Å². The summed E-state index contributed by atoms with van der Waals surface area (Å²) in [7, 11) is 0. The number of aliphatic hydroxyl groups is 1. The molecule has 2 heterocycles. The number of thiazole rings is 1. The molecule has 1 amide bonds. The minimum atomic E-state index is -0.0514. The molecule has 6 heteroatoms. The summed E-state index contributed by atoms with van der Waals surface area (Å²) in [6, 6.07) is 4.00. The molecule has 2 N–H and O–H groups in total. The molecular weight excluding hydrogens is 304 g/mol. The van der Waals surface area contributed by atoms with E-state index < -0.39 is 0 Å². The van der Waals surface area contributed by atoms with E-state index in [1.807, 2.05) is 31.4 Å². The molecule has 0 bridgehead atoms. The number of aliphatic hydroxyl groups excluding tert-OH is 1. The lowest BCUT2D eigenvalue weighted by atomic mass is 10.1. The third kappa shape index (κ3) is 4.36. The average molecular weight is 324 g/mol. The van der Waals surface area contributed by atoms with E-state index in [-0.39, 0.29) is 18.4 Å². The van der Waals surface area contributed by atoms with Crippen LogP contribution in [0.1, 0.15) is 35.1 Å². The molecule has 1 atom stereocenters. The predicted molar refractivity (Wildman–Crippen MR) is 88.0 cm³/mol. The molecule has 0 aliphatic rings. The van der Waals surface area contributed by atoms with Crippen molar-refractivity contribution in [1.29, 1.82) is 0 Å². The van der Waals surface area contributed by atoms with Gasteiger partial charge in [0.25, 0.3) is 5.91 Å². The fourth-order valence-electron chi connectivity index (χ4n) is 1.94. The summed E-state index contributed by atoms with van der Waals surface area (Å²) in [6.07, 6.45) is 1.79. The summed E-state index contributed by atoms with van der Waals surface area (Å²) in [5.41, 5.74) is 0.782. The molecule has 0 saturated carbocycles. The van der Waals surface area contributed by atoms with Crippen LogP contribution in [0.2, 0.25) is 0 Å². The fourth-order valence-corrected chi connectivity index (χ4v) is 3.72. The normalized spacial score (nSPS) is 12.3. The molecule has 0 spiro atoms. The Morgan fingerprint density at radius 2 is 2.33 bits per heavy atom. The molecule has 114 valence electrons. The van der Waals surface area contributed by atoms with E-state index in [0.717, 1.165) is 28.4 Å². The zero-order chi connectivity index (χ0) is 15.2. The molecule has 0 radical (unpaired) electrons. The Hall–Kier alpha value is -1.24. The molecule has 2 aromatic heterocycles. The molecule has 2 aromatic rings. The summed E-state index contributed by atoms with van der Waals surface area (Å²) >= 11 is 3.07. The van der Waals surface area contributed by atoms with Gasteiger partial charge in [0.2, 0.25) is 0 Å². The van der Waals surface area contributed by atoms with Crippen molar-refractivity contribution in [2.75, 3.05) is 13.2 Å². The Kier molecular flexibility index (Phi) is 5.90. The minimum absolute atomic E-state index is 0.0514. The van der Waals surface area contributed by atoms with E-state index in [9.17, 15) is 4.79 Å². The van der Waals surface area contributed by atoms with E-state index in [0.29, 0.717) is 11.4 Å². The molecule has 4 nitrogen and oxygen atoms in total. The van der Waals surface area contributed by atoms with Gasteiger partial charge in [0.1, 0.15) is 9.88 Å². The van der Waals surface area contributed by atoms with Crippen LogP contribution in [0.15, 0.2) is 17.5 Å². The Labute approximate surface area is 132 Å². The molecular formula is C15H20N2O2S2. The van der Waals surface area contributed by atoms with Gasteiger partial charge in [-0.3, -0.25) is 4.79 Å². The van der Waals surface area contributed by atoms with Crippen LogP contribution < -0.4 is 5.32 Å². The highest BCUT2D eigenvalue weighted by Gasteiger charge is 2.16. The number of amides is 1. The Morgan fingerprint density at radius 1 is 1.52 bits per heavy atom. The number of rotatable bonds is 7. The topological polar surface area (TPSA) is 62.2 Å². The lowest BCUT2D eigenvalue weighted by Gasteiger charge is -2.07. The number of hydrogen-bond acceptors (Lipinski definition) is 5. The fraction of sp³-hybridized carbons (Fsp3) is 0.467. The molecule has 2 rings (SSSR count). The van der Waals surface area contributed by atoms with Crippen molar-refractivity contribution in [2.24, 2.45) is 5.92 Å². The third-order valence-corrected chi connectivity index (χ3v) is 5.40. The molecule has 0 aromatic carbocycles. The first-order valence-electron chi connectivity index (χ1n) is 7.02. The number of carbonyl (C=O) groups excluding carboxylic acids is 1. The van der Waals surface area contributed by atoms with Gasteiger partial charge in [-0.15, -0.1) is 22.7 Å². The molecule has 1 unspecified atom stereocenters. The van der Waals surface area contributed by atoms with Crippen LogP contribution >= 0.6 is 22.7 Å². The van der Waals surface area contributed by atoms with Crippen LogP contribution in [0.5, 0.6) is 0 Å². The average Bonchev–Trinajstić information content (AvgIpc) is 3.12. The number of thiophene rings is 1. The maximum absolute atomic E-state index is 12.2. The van der Waals surface area contributed by atoms with Crippen molar-refractivity contribution in [3.8, 4) is 9.88 Å². The van der Waals surface area contributed by atoms with Gasteiger partial charge in [-0.2, -0.15) is 0 Å². The molecule has 0 fully saturated rings. The Bertz CT molecular complexity index is 579. The smallest absolute Gasteiger partial charge is 0.263 e. The predicted octanol–water partition coefficient (Wildman–Crippen LogP) is 3.32. The van der Waals surface area contributed by atoms with Crippen LogP contribution in [0.25, 0.3) is 9.88 Å². The first-order valence-corrected chi connectivity index (χ1v) is 8.71. The van der Waals surface area contributed by atoms with Crippen LogP contribution in [-0.2, 0) is 0 Å². The van der Waals surface area contributed by atoms with Crippen LogP contribution in [0.3, 0.4) is 0 Å². The largest absolute Gasteiger partial charge is 0.396 e. The third-order valence-electron chi connectivity index (χ3n) is 3.21. The number of aromatic nitrogens is 1. The van der Waals surface area contributed by atoms with Crippen LogP contribution in [0, 0.1) is 12.8 Å². The maximum atomic E-state index is 12.2. The molecule has 0 aliphatic carbocycles. The zero-order valence-corrected chi connectivity index (χ0v) is 13.9. The van der Waals surface area contributed by atoms with Crippen molar-refractivity contribution >= 4 is 28.6 Å². The van der Waals surface area contributed by atoms with Crippen molar-refractivity contribution < 1.29 is 9.90 Å². The van der Waals surface area contributed by atoms with Gasteiger partial charge in [-0.25, -0.2) is 4.98 Å².